The van der Waals surface area contributed by atoms with Crippen molar-refractivity contribution in [3.63, 3.8) is 0 Å². The second-order valence-corrected chi connectivity index (χ2v) is 3.81. The summed E-state index contributed by atoms with van der Waals surface area (Å²) >= 11 is 0. The molecule has 0 atom stereocenters. The van der Waals surface area contributed by atoms with Crippen LogP contribution < -0.4 is 5.32 Å². The fourth-order valence-electron chi connectivity index (χ4n) is 1.56. The van der Waals surface area contributed by atoms with E-state index in [4.69, 9.17) is 5.26 Å². The van der Waals surface area contributed by atoms with Crippen LogP contribution in [0.4, 0.5) is 0 Å². The van der Waals surface area contributed by atoms with Crippen LogP contribution in [-0.2, 0) is 23.1 Å². The number of hydrogen-bond acceptors (Lipinski definition) is 4. The van der Waals surface area contributed by atoms with Gasteiger partial charge in [0.2, 0.25) is 0 Å². The summed E-state index contributed by atoms with van der Waals surface area (Å²) in [6, 6.07) is 4.00. The van der Waals surface area contributed by atoms with E-state index in [9.17, 15) is 4.79 Å². The number of ether oxygens (including phenoxy) is 1. The highest BCUT2D eigenvalue weighted by atomic mass is 16.5. The van der Waals surface area contributed by atoms with Crippen LogP contribution in [0.2, 0.25) is 0 Å². The van der Waals surface area contributed by atoms with Gasteiger partial charge in [0.05, 0.1) is 13.5 Å². The molecule has 5 heteroatoms. The highest BCUT2D eigenvalue weighted by molar-refractivity contribution is 5.69. The van der Waals surface area contributed by atoms with Gasteiger partial charge in [-0.05, 0) is 18.6 Å². The van der Waals surface area contributed by atoms with Gasteiger partial charge in [-0.25, -0.2) is 0 Å². The first-order valence-corrected chi connectivity index (χ1v) is 5.43. The number of carbonyl (C=O) groups is 1. The van der Waals surface area contributed by atoms with Crippen molar-refractivity contribution >= 4 is 5.97 Å². The van der Waals surface area contributed by atoms with E-state index in [2.05, 4.69) is 16.1 Å². The number of nitriles is 1. The third kappa shape index (κ3) is 3.33. The Balaban J connectivity index is 2.48. The minimum Gasteiger partial charge on any atom is -0.469 e. The summed E-state index contributed by atoms with van der Waals surface area (Å²) in [5.41, 5.74) is 2.79. The van der Waals surface area contributed by atoms with E-state index in [0.717, 1.165) is 11.3 Å². The molecule has 0 aliphatic heterocycles. The summed E-state index contributed by atoms with van der Waals surface area (Å²) < 4.78 is 6.40. The maximum atomic E-state index is 10.9. The lowest BCUT2D eigenvalue weighted by Crippen LogP contribution is -2.18. The number of carbonyl (C=O) groups excluding carboxylic acids is 1. The average molecular weight is 235 g/mol. The summed E-state index contributed by atoms with van der Waals surface area (Å²) in [4.78, 5) is 10.9. The zero-order valence-electron chi connectivity index (χ0n) is 10.4. The lowest BCUT2D eigenvalue weighted by Gasteiger charge is -2.04. The van der Waals surface area contributed by atoms with E-state index >= 15 is 0 Å². The van der Waals surface area contributed by atoms with Crippen LogP contribution >= 0.6 is 0 Å². The number of aromatic nitrogens is 1. The SMILES string of the molecule is COC(=O)CCNCc1cc(C#N)n(C)c1C. The van der Waals surface area contributed by atoms with Gasteiger partial charge in [0.25, 0.3) is 0 Å². The molecular formula is C12H17N3O2. The van der Waals surface area contributed by atoms with E-state index in [-0.39, 0.29) is 5.97 Å². The Bertz CT molecular complexity index is 443. The average Bonchev–Trinajstić information content (AvgIpc) is 2.61. The molecule has 1 aromatic heterocycles. The van der Waals surface area contributed by atoms with Gasteiger partial charge in [0.1, 0.15) is 11.8 Å². The molecule has 0 aliphatic carbocycles. The van der Waals surface area contributed by atoms with Gasteiger partial charge in [0, 0.05) is 25.8 Å². The molecule has 0 saturated heterocycles. The monoisotopic (exact) mass is 235 g/mol. The Morgan fingerprint density at radius 2 is 2.35 bits per heavy atom. The first kappa shape index (κ1) is 13.3. The number of esters is 1. The van der Waals surface area contributed by atoms with Crippen LogP contribution in [-0.4, -0.2) is 24.2 Å². The fourth-order valence-corrected chi connectivity index (χ4v) is 1.56. The van der Waals surface area contributed by atoms with Crippen molar-refractivity contribution in [3.8, 4) is 6.07 Å². The molecular weight excluding hydrogens is 218 g/mol. The molecule has 0 aromatic carbocycles. The molecule has 92 valence electrons. The number of methoxy groups -OCH3 is 1. The second kappa shape index (κ2) is 6.06. The van der Waals surface area contributed by atoms with E-state index in [1.165, 1.54) is 7.11 Å². The molecule has 0 aliphatic rings. The van der Waals surface area contributed by atoms with Gasteiger partial charge >= 0.3 is 5.97 Å². The van der Waals surface area contributed by atoms with E-state index in [1.807, 2.05) is 24.6 Å². The van der Waals surface area contributed by atoms with E-state index in [0.29, 0.717) is 25.2 Å². The third-order valence-electron chi connectivity index (χ3n) is 2.80. The van der Waals surface area contributed by atoms with Crippen LogP contribution in [0.15, 0.2) is 6.07 Å². The summed E-state index contributed by atoms with van der Waals surface area (Å²) in [5.74, 6) is -0.222. The lowest BCUT2D eigenvalue weighted by atomic mass is 10.2. The zero-order valence-corrected chi connectivity index (χ0v) is 10.4. The van der Waals surface area contributed by atoms with Gasteiger partial charge in [-0.3, -0.25) is 4.79 Å². The van der Waals surface area contributed by atoms with Gasteiger partial charge < -0.3 is 14.6 Å². The molecule has 0 bridgehead atoms. The lowest BCUT2D eigenvalue weighted by molar-refractivity contribution is -0.140. The number of hydrogen-bond donors (Lipinski definition) is 1. The molecule has 1 rings (SSSR count). The fraction of sp³-hybridized carbons (Fsp3) is 0.500. The number of rotatable bonds is 5. The van der Waals surface area contributed by atoms with Crippen LogP contribution in [0, 0.1) is 18.3 Å². The number of nitrogens with zero attached hydrogens (tertiary/aromatic N) is 2. The molecule has 0 fully saturated rings. The summed E-state index contributed by atoms with van der Waals surface area (Å²) in [6.45, 7) is 3.19. The molecule has 1 aromatic rings. The van der Waals surface area contributed by atoms with Crippen LogP contribution in [0.3, 0.4) is 0 Å². The van der Waals surface area contributed by atoms with Gasteiger partial charge in [-0.15, -0.1) is 0 Å². The minimum absolute atomic E-state index is 0.222. The Kier molecular flexibility index (Phi) is 4.73. The molecule has 1 N–H and O–H groups in total. The van der Waals surface area contributed by atoms with Crippen molar-refractivity contribution in [2.24, 2.45) is 7.05 Å². The Hall–Kier alpha value is -1.80. The van der Waals surface area contributed by atoms with Gasteiger partial charge in [0.15, 0.2) is 0 Å². The Labute approximate surface area is 101 Å². The number of nitrogens with one attached hydrogen (secondary N) is 1. The van der Waals surface area contributed by atoms with Crippen LogP contribution in [0.1, 0.15) is 23.4 Å². The molecule has 17 heavy (non-hydrogen) atoms. The van der Waals surface area contributed by atoms with E-state index < -0.39 is 0 Å². The first-order valence-electron chi connectivity index (χ1n) is 5.43. The van der Waals surface area contributed by atoms with Crippen molar-refractivity contribution in [2.45, 2.75) is 19.9 Å². The van der Waals surface area contributed by atoms with Crippen molar-refractivity contribution < 1.29 is 9.53 Å². The van der Waals surface area contributed by atoms with Crippen LogP contribution in [0.5, 0.6) is 0 Å². The van der Waals surface area contributed by atoms with Crippen molar-refractivity contribution in [3.05, 3.63) is 23.0 Å². The molecule has 0 unspecified atom stereocenters. The molecule has 1 heterocycles. The quantitative estimate of drug-likeness (QED) is 0.607. The predicted molar refractivity (Wildman–Crippen MR) is 63.2 cm³/mol. The standard InChI is InChI=1S/C12H17N3O2/c1-9-10(6-11(7-13)15(9)2)8-14-5-4-12(16)17-3/h6,14H,4-5,8H2,1-3H3. The molecule has 0 radical (unpaired) electrons. The first-order chi connectivity index (χ1) is 8.10. The largest absolute Gasteiger partial charge is 0.469 e. The Morgan fingerprint density at radius 3 is 2.88 bits per heavy atom. The van der Waals surface area contributed by atoms with Crippen LogP contribution in [0.25, 0.3) is 0 Å². The summed E-state index contributed by atoms with van der Waals surface area (Å²) in [6.07, 6.45) is 0.355. The molecule has 0 spiro atoms. The van der Waals surface area contributed by atoms with Gasteiger partial charge in [-0.1, -0.05) is 0 Å². The maximum Gasteiger partial charge on any atom is 0.306 e. The smallest absolute Gasteiger partial charge is 0.306 e. The molecule has 0 amide bonds. The highest BCUT2D eigenvalue weighted by Crippen LogP contribution is 2.12. The maximum absolute atomic E-state index is 10.9. The van der Waals surface area contributed by atoms with Crippen molar-refractivity contribution in [2.75, 3.05) is 13.7 Å². The normalized spacial score (nSPS) is 10.0. The topological polar surface area (TPSA) is 67.0 Å². The summed E-state index contributed by atoms with van der Waals surface area (Å²) in [7, 11) is 3.24. The zero-order chi connectivity index (χ0) is 12.8. The predicted octanol–water partition coefficient (Wildman–Crippen LogP) is 0.858. The summed E-state index contributed by atoms with van der Waals surface area (Å²) in [5, 5.41) is 12.0. The third-order valence-corrected chi connectivity index (χ3v) is 2.80. The van der Waals surface area contributed by atoms with Crippen molar-refractivity contribution in [1.29, 1.82) is 5.26 Å². The minimum atomic E-state index is -0.222. The van der Waals surface area contributed by atoms with Crippen molar-refractivity contribution in [1.82, 2.24) is 9.88 Å². The Morgan fingerprint density at radius 1 is 1.65 bits per heavy atom. The second-order valence-electron chi connectivity index (χ2n) is 3.81. The van der Waals surface area contributed by atoms with E-state index in [1.54, 1.807) is 0 Å². The molecule has 0 saturated carbocycles. The van der Waals surface area contributed by atoms with Gasteiger partial charge in [-0.2, -0.15) is 5.26 Å². The molecule has 5 nitrogen and oxygen atoms in total. The highest BCUT2D eigenvalue weighted by Gasteiger charge is 2.08.